The van der Waals surface area contributed by atoms with Gasteiger partial charge in [-0.1, -0.05) is 26.3 Å². The molecule has 0 aliphatic rings. The summed E-state index contributed by atoms with van der Waals surface area (Å²) in [7, 11) is 0. The van der Waals surface area contributed by atoms with Gasteiger partial charge in [0.25, 0.3) is 5.91 Å². The third-order valence-electron chi connectivity index (χ3n) is 5.00. The fourth-order valence-electron chi connectivity index (χ4n) is 2.77. The Morgan fingerprint density at radius 3 is 2.74 bits per heavy atom. The van der Waals surface area contributed by atoms with E-state index in [1.807, 2.05) is 32.0 Å². The molecule has 7 nitrogen and oxygen atoms in total. The molecule has 2 rings (SSSR count). The van der Waals surface area contributed by atoms with Gasteiger partial charge in [-0.15, -0.1) is 5.10 Å². The van der Waals surface area contributed by atoms with Crippen LogP contribution in [-0.4, -0.2) is 45.0 Å². The summed E-state index contributed by atoms with van der Waals surface area (Å²) in [6.07, 6.45) is 3.45. The first-order chi connectivity index (χ1) is 12.9. The predicted molar refractivity (Wildman–Crippen MR) is 107 cm³/mol. The van der Waals surface area contributed by atoms with Crippen LogP contribution in [0.25, 0.3) is 0 Å². The molecule has 0 radical (unpaired) electrons. The Morgan fingerprint density at radius 1 is 1.30 bits per heavy atom. The molecular formula is C20H31N5O2. The second-order valence-electron chi connectivity index (χ2n) is 7.07. The van der Waals surface area contributed by atoms with Crippen molar-refractivity contribution >= 4 is 11.6 Å². The van der Waals surface area contributed by atoms with Gasteiger partial charge in [0.2, 0.25) is 5.82 Å². The van der Waals surface area contributed by atoms with Gasteiger partial charge in [-0.05, 0) is 56.0 Å². The third kappa shape index (κ3) is 6.15. The summed E-state index contributed by atoms with van der Waals surface area (Å²) in [6.45, 7) is 9.87. The maximum Gasteiger partial charge on any atom is 0.295 e. The highest BCUT2D eigenvalue weighted by Gasteiger charge is 2.14. The Hall–Kier alpha value is -2.25. The van der Waals surface area contributed by atoms with Gasteiger partial charge in [0, 0.05) is 18.3 Å². The van der Waals surface area contributed by atoms with Gasteiger partial charge in [-0.3, -0.25) is 9.48 Å². The summed E-state index contributed by atoms with van der Waals surface area (Å²) in [5.74, 6) is 0.281. The molecule has 0 fully saturated rings. The molecule has 0 saturated heterocycles. The number of nitrogens with zero attached hydrogens (tertiary/aromatic N) is 3. The van der Waals surface area contributed by atoms with E-state index in [0.29, 0.717) is 12.5 Å². The first-order valence-electron chi connectivity index (χ1n) is 9.56. The van der Waals surface area contributed by atoms with Crippen molar-refractivity contribution in [2.75, 3.05) is 18.5 Å². The molecule has 27 heavy (non-hydrogen) atoms. The number of benzene rings is 1. The number of carbonyl (C=O) groups excluding carboxylic acids is 1. The zero-order valence-electron chi connectivity index (χ0n) is 16.7. The standard InChI is InChI=1S/C20H31N5O2/c1-5-14(2)18(12-26)21-9-6-10-25-13-22-19(24-25)20(27)23-17-8-7-15(3)16(4)11-17/h7-8,11,13-14,18,21,26H,5-6,9-10,12H2,1-4H3,(H,23,27). The molecule has 2 aromatic rings. The first-order valence-corrected chi connectivity index (χ1v) is 9.56. The molecule has 0 bridgehead atoms. The van der Waals surface area contributed by atoms with Crippen LogP contribution in [0.2, 0.25) is 0 Å². The molecule has 2 atom stereocenters. The number of rotatable bonds is 10. The molecule has 1 aromatic heterocycles. The van der Waals surface area contributed by atoms with Gasteiger partial charge in [-0.25, -0.2) is 4.98 Å². The number of amides is 1. The number of aryl methyl sites for hydroxylation is 3. The Bertz CT molecular complexity index is 744. The van der Waals surface area contributed by atoms with Crippen LogP contribution in [0.5, 0.6) is 0 Å². The average Bonchev–Trinajstić information content (AvgIpc) is 3.13. The summed E-state index contributed by atoms with van der Waals surface area (Å²) in [5, 5.41) is 19.9. The molecule has 3 N–H and O–H groups in total. The number of hydrogen-bond donors (Lipinski definition) is 3. The molecule has 0 saturated carbocycles. The van der Waals surface area contributed by atoms with Gasteiger partial charge < -0.3 is 15.7 Å². The summed E-state index contributed by atoms with van der Waals surface area (Å²) in [5.41, 5.74) is 3.04. The van der Waals surface area contributed by atoms with Crippen molar-refractivity contribution in [1.29, 1.82) is 0 Å². The van der Waals surface area contributed by atoms with E-state index >= 15 is 0 Å². The number of nitrogens with one attached hydrogen (secondary N) is 2. The second kappa shape index (κ2) is 10.2. The minimum atomic E-state index is -0.313. The lowest BCUT2D eigenvalue weighted by Gasteiger charge is -2.22. The van der Waals surface area contributed by atoms with Crippen LogP contribution in [0.1, 0.15) is 48.4 Å². The highest BCUT2D eigenvalue weighted by Crippen LogP contribution is 2.14. The average molecular weight is 374 g/mol. The monoisotopic (exact) mass is 373 g/mol. The molecule has 1 heterocycles. The van der Waals surface area contributed by atoms with Crippen molar-refractivity contribution in [3.8, 4) is 0 Å². The van der Waals surface area contributed by atoms with Crippen molar-refractivity contribution in [1.82, 2.24) is 20.1 Å². The second-order valence-corrected chi connectivity index (χ2v) is 7.07. The maximum atomic E-state index is 12.3. The minimum absolute atomic E-state index is 0.116. The van der Waals surface area contributed by atoms with Crippen molar-refractivity contribution in [2.45, 2.75) is 53.1 Å². The highest BCUT2D eigenvalue weighted by molar-refractivity contribution is 6.01. The number of hydrogen-bond acceptors (Lipinski definition) is 5. The quantitative estimate of drug-likeness (QED) is 0.557. The van der Waals surface area contributed by atoms with Crippen LogP contribution in [0.4, 0.5) is 5.69 Å². The van der Waals surface area contributed by atoms with Gasteiger partial charge in [-0.2, -0.15) is 0 Å². The fourth-order valence-corrected chi connectivity index (χ4v) is 2.77. The fraction of sp³-hybridized carbons (Fsp3) is 0.550. The minimum Gasteiger partial charge on any atom is -0.395 e. The third-order valence-corrected chi connectivity index (χ3v) is 5.00. The van der Waals surface area contributed by atoms with Crippen LogP contribution in [0.3, 0.4) is 0 Å². The van der Waals surface area contributed by atoms with E-state index in [0.717, 1.165) is 30.6 Å². The van der Waals surface area contributed by atoms with Crippen LogP contribution < -0.4 is 10.6 Å². The van der Waals surface area contributed by atoms with E-state index in [4.69, 9.17) is 0 Å². The van der Waals surface area contributed by atoms with E-state index in [-0.39, 0.29) is 24.4 Å². The van der Waals surface area contributed by atoms with Crippen LogP contribution >= 0.6 is 0 Å². The summed E-state index contributed by atoms with van der Waals surface area (Å²) in [4.78, 5) is 16.4. The van der Waals surface area contributed by atoms with Crippen LogP contribution in [0, 0.1) is 19.8 Å². The topological polar surface area (TPSA) is 92.1 Å². The lowest BCUT2D eigenvalue weighted by atomic mass is 10.00. The van der Waals surface area contributed by atoms with Crippen molar-refractivity contribution in [3.63, 3.8) is 0 Å². The largest absolute Gasteiger partial charge is 0.395 e. The van der Waals surface area contributed by atoms with Gasteiger partial charge >= 0.3 is 0 Å². The lowest BCUT2D eigenvalue weighted by Crippen LogP contribution is -2.38. The van der Waals surface area contributed by atoms with E-state index in [2.05, 4.69) is 34.6 Å². The zero-order chi connectivity index (χ0) is 19.8. The number of anilines is 1. The maximum absolute atomic E-state index is 12.3. The molecule has 148 valence electrons. The Labute approximate surface area is 161 Å². The smallest absolute Gasteiger partial charge is 0.295 e. The normalized spacial score (nSPS) is 13.4. The molecule has 0 aliphatic carbocycles. The van der Waals surface area contributed by atoms with Crippen molar-refractivity contribution in [3.05, 3.63) is 41.5 Å². The Balaban J connectivity index is 1.81. The SMILES string of the molecule is CCC(C)C(CO)NCCCn1cnc(C(=O)Nc2ccc(C)c(C)c2)n1. The first kappa shape index (κ1) is 21.1. The van der Waals surface area contributed by atoms with Crippen LogP contribution in [-0.2, 0) is 6.54 Å². The molecule has 0 spiro atoms. The van der Waals surface area contributed by atoms with Crippen molar-refractivity contribution < 1.29 is 9.90 Å². The lowest BCUT2D eigenvalue weighted by molar-refractivity contribution is 0.101. The summed E-state index contributed by atoms with van der Waals surface area (Å²) >= 11 is 0. The highest BCUT2D eigenvalue weighted by atomic mass is 16.3. The van der Waals surface area contributed by atoms with Gasteiger partial charge in [0.05, 0.1) is 6.61 Å². The molecular weight excluding hydrogens is 342 g/mol. The number of aliphatic hydroxyl groups is 1. The number of carbonyl (C=O) groups is 1. The Kier molecular flexibility index (Phi) is 7.94. The summed E-state index contributed by atoms with van der Waals surface area (Å²) < 4.78 is 1.67. The van der Waals surface area contributed by atoms with Crippen molar-refractivity contribution in [2.24, 2.45) is 5.92 Å². The number of aliphatic hydroxyl groups excluding tert-OH is 1. The molecule has 7 heteroatoms. The van der Waals surface area contributed by atoms with Gasteiger partial charge in [0.15, 0.2) is 0 Å². The van der Waals surface area contributed by atoms with E-state index in [1.54, 1.807) is 11.0 Å². The van der Waals surface area contributed by atoms with Gasteiger partial charge in [0.1, 0.15) is 6.33 Å². The molecule has 2 unspecified atom stereocenters. The summed E-state index contributed by atoms with van der Waals surface area (Å²) in [6, 6.07) is 5.90. The molecule has 1 aromatic carbocycles. The molecule has 1 amide bonds. The molecule has 0 aliphatic heterocycles. The number of aromatic nitrogens is 3. The van der Waals surface area contributed by atoms with E-state index < -0.39 is 0 Å². The van der Waals surface area contributed by atoms with Crippen LogP contribution in [0.15, 0.2) is 24.5 Å². The zero-order valence-corrected chi connectivity index (χ0v) is 16.7. The Morgan fingerprint density at radius 2 is 2.07 bits per heavy atom. The van der Waals surface area contributed by atoms with E-state index in [1.165, 1.54) is 5.56 Å². The predicted octanol–water partition coefficient (Wildman–Crippen LogP) is 2.53. The van der Waals surface area contributed by atoms with E-state index in [9.17, 15) is 9.90 Å².